The predicted molar refractivity (Wildman–Crippen MR) is 67.2 cm³/mol. The van der Waals surface area contributed by atoms with Crippen molar-refractivity contribution in [3.8, 4) is 0 Å². The first-order chi connectivity index (χ1) is 8.57. The van der Waals surface area contributed by atoms with Crippen molar-refractivity contribution in [1.82, 2.24) is 4.98 Å². The molecule has 0 saturated carbocycles. The largest absolute Gasteiger partial charge is 0.462 e. The van der Waals surface area contributed by atoms with Gasteiger partial charge in [-0.05, 0) is 38.3 Å². The number of ether oxygens (including phenoxy) is 2. The van der Waals surface area contributed by atoms with Crippen molar-refractivity contribution in [3.05, 3.63) is 29.6 Å². The highest BCUT2D eigenvalue weighted by Crippen LogP contribution is 2.25. The van der Waals surface area contributed by atoms with E-state index >= 15 is 0 Å². The molecule has 1 unspecified atom stereocenters. The Bertz CT molecular complexity index is 408. The Morgan fingerprint density at radius 1 is 1.56 bits per heavy atom. The number of hydrogen-bond acceptors (Lipinski definition) is 4. The highest BCUT2D eigenvalue weighted by Gasteiger charge is 2.31. The molecule has 0 aromatic carbocycles. The van der Waals surface area contributed by atoms with Crippen LogP contribution in [0.15, 0.2) is 18.3 Å². The normalized spacial score (nSPS) is 23.0. The van der Waals surface area contributed by atoms with Crippen molar-refractivity contribution in [2.75, 3.05) is 13.2 Å². The summed E-state index contributed by atoms with van der Waals surface area (Å²) in [5.41, 5.74) is 1.53. The number of aromatic nitrogens is 1. The van der Waals surface area contributed by atoms with Crippen LogP contribution in [0.1, 0.15) is 31.0 Å². The molecule has 0 N–H and O–H groups in total. The molecule has 0 amide bonds. The maximum Gasteiger partial charge on any atom is 0.310 e. The third kappa shape index (κ3) is 3.53. The zero-order chi connectivity index (χ0) is 13.0. The Labute approximate surface area is 107 Å². The summed E-state index contributed by atoms with van der Waals surface area (Å²) >= 11 is 0. The molecule has 1 aliphatic heterocycles. The lowest BCUT2D eigenvalue weighted by Crippen LogP contribution is -2.31. The van der Waals surface area contributed by atoms with Gasteiger partial charge in [-0.3, -0.25) is 9.78 Å². The first kappa shape index (κ1) is 13.0. The van der Waals surface area contributed by atoms with Crippen LogP contribution in [-0.4, -0.2) is 29.8 Å². The molecule has 4 heteroatoms. The second kappa shape index (κ2) is 5.48. The van der Waals surface area contributed by atoms with Crippen LogP contribution < -0.4 is 0 Å². The van der Waals surface area contributed by atoms with Crippen molar-refractivity contribution in [2.24, 2.45) is 0 Å². The zero-order valence-electron chi connectivity index (χ0n) is 10.9. The fraction of sp³-hybridized carbons (Fsp3) is 0.571. The molecule has 1 fully saturated rings. The van der Waals surface area contributed by atoms with Crippen LogP contribution in [0, 0.1) is 6.92 Å². The van der Waals surface area contributed by atoms with E-state index in [1.165, 1.54) is 0 Å². The van der Waals surface area contributed by atoms with Crippen LogP contribution in [0.3, 0.4) is 0 Å². The van der Waals surface area contributed by atoms with E-state index in [-0.39, 0.29) is 18.0 Å². The summed E-state index contributed by atoms with van der Waals surface area (Å²) in [6.45, 7) is 5.00. The summed E-state index contributed by atoms with van der Waals surface area (Å²) in [5.74, 6) is -0.225. The van der Waals surface area contributed by atoms with Gasteiger partial charge in [-0.1, -0.05) is 6.07 Å². The van der Waals surface area contributed by atoms with Gasteiger partial charge in [-0.25, -0.2) is 0 Å². The summed E-state index contributed by atoms with van der Waals surface area (Å²) in [4.78, 5) is 15.8. The number of hydrogen-bond donors (Lipinski definition) is 0. The molecule has 1 aromatic rings. The van der Waals surface area contributed by atoms with Gasteiger partial charge in [0.15, 0.2) is 0 Å². The maximum absolute atomic E-state index is 11.7. The van der Waals surface area contributed by atoms with Gasteiger partial charge in [-0.2, -0.15) is 0 Å². The Morgan fingerprint density at radius 2 is 2.39 bits per heavy atom. The van der Waals surface area contributed by atoms with E-state index in [4.69, 9.17) is 9.47 Å². The number of esters is 1. The highest BCUT2D eigenvalue weighted by atomic mass is 16.6. The van der Waals surface area contributed by atoms with Gasteiger partial charge < -0.3 is 9.47 Å². The molecule has 1 aromatic heterocycles. The molecular formula is C14H19NO3. The Kier molecular flexibility index (Phi) is 3.97. The second-order valence-electron chi connectivity index (χ2n) is 5.05. The highest BCUT2D eigenvalue weighted by molar-refractivity contribution is 5.72. The lowest BCUT2D eigenvalue weighted by atomic mass is 10.0. The van der Waals surface area contributed by atoms with Crippen molar-refractivity contribution < 1.29 is 14.3 Å². The molecule has 0 aliphatic carbocycles. The minimum absolute atomic E-state index is 0.225. The van der Waals surface area contributed by atoms with Gasteiger partial charge in [0.25, 0.3) is 0 Å². The summed E-state index contributed by atoms with van der Waals surface area (Å²) in [7, 11) is 0. The van der Waals surface area contributed by atoms with Crippen molar-refractivity contribution >= 4 is 5.97 Å². The van der Waals surface area contributed by atoms with Crippen LogP contribution in [0.4, 0.5) is 0 Å². The zero-order valence-corrected chi connectivity index (χ0v) is 10.9. The smallest absolute Gasteiger partial charge is 0.310 e. The standard InChI is InChI=1S/C14H19NO3/c1-11-4-5-12(9-15-11)8-13(16)17-10-14(2)6-3-7-18-14/h4-5,9H,3,6-8,10H2,1-2H3. The number of pyridine rings is 1. The molecule has 1 saturated heterocycles. The third-order valence-electron chi connectivity index (χ3n) is 3.16. The molecule has 0 spiro atoms. The molecule has 18 heavy (non-hydrogen) atoms. The van der Waals surface area contributed by atoms with Gasteiger partial charge >= 0.3 is 5.97 Å². The first-order valence-corrected chi connectivity index (χ1v) is 6.29. The minimum Gasteiger partial charge on any atom is -0.462 e. The van der Waals surface area contributed by atoms with Crippen LogP contribution in [0.5, 0.6) is 0 Å². The van der Waals surface area contributed by atoms with Gasteiger partial charge in [0, 0.05) is 18.5 Å². The van der Waals surface area contributed by atoms with Crippen LogP contribution >= 0.6 is 0 Å². The molecule has 2 heterocycles. The lowest BCUT2D eigenvalue weighted by Gasteiger charge is -2.22. The summed E-state index contributed by atoms with van der Waals surface area (Å²) in [6, 6.07) is 3.79. The quantitative estimate of drug-likeness (QED) is 0.766. The summed E-state index contributed by atoms with van der Waals surface area (Å²) < 4.78 is 10.8. The van der Waals surface area contributed by atoms with E-state index in [0.29, 0.717) is 6.61 Å². The van der Waals surface area contributed by atoms with Crippen LogP contribution in [0.2, 0.25) is 0 Å². The fourth-order valence-electron chi connectivity index (χ4n) is 2.00. The summed E-state index contributed by atoms with van der Waals surface area (Å²) in [5, 5.41) is 0. The van der Waals surface area contributed by atoms with Crippen LogP contribution in [0.25, 0.3) is 0 Å². The monoisotopic (exact) mass is 249 g/mol. The number of carbonyl (C=O) groups is 1. The van der Waals surface area contributed by atoms with Gasteiger partial charge in [0.2, 0.25) is 0 Å². The average Bonchev–Trinajstić information content (AvgIpc) is 2.78. The number of rotatable bonds is 4. The van der Waals surface area contributed by atoms with Gasteiger partial charge in [0.1, 0.15) is 6.61 Å². The Morgan fingerprint density at radius 3 is 3.00 bits per heavy atom. The first-order valence-electron chi connectivity index (χ1n) is 6.29. The molecule has 4 nitrogen and oxygen atoms in total. The van der Waals surface area contributed by atoms with Crippen molar-refractivity contribution in [1.29, 1.82) is 0 Å². The van der Waals surface area contributed by atoms with Gasteiger partial charge in [0.05, 0.1) is 12.0 Å². The van der Waals surface area contributed by atoms with Crippen LogP contribution in [-0.2, 0) is 20.7 Å². The van der Waals surface area contributed by atoms with Crippen molar-refractivity contribution in [2.45, 2.75) is 38.7 Å². The molecule has 98 valence electrons. The van der Waals surface area contributed by atoms with E-state index in [0.717, 1.165) is 30.7 Å². The molecule has 2 rings (SSSR count). The van der Waals surface area contributed by atoms with Crippen molar-refractivity contribution in [3.63, 3.8) is 0 Å². The molecular weight excluding hydrogens is 230 g/mol. The van der Waals surface area contributed by atoms with E-state index in [1.54, 1.807) is 6.20 Å². The Hall–Kier alpha value is -1.42. The van der Waals surface area contributed by atoms with E-state index < -0.39 is 0 Å². The maximum atomic E-state index is 11.7. The van der Waals surface area contributed by atoms with E-state index in [9.17, 15) is 4.79 Å². The molecule has 0 bridgehead atoms. The predicted octanol–water partition coefficient (Wildman–Crippen LogP) is 2.04. The Balaban J connectivity index is 1.80. The number of carbonyl (C=O) groups excluding carboxylic acids is 1. The SMILES string of the molecule is Cc1ccc(CC(=O)OCC2(C)CCCO2)cn1. The second-order valence-corrected chi connectivity index (χ2v) is 5.05. The number of aryl methyl sites for hydroxylation is 1. The molecule has 1 atom stereocenters. The topological polar surface area (TPSA) is 48.4 Å². The number of nitrogens with zero attached hydrogens (tertiary/aromatic N) is 1. The van der Waals surface area contributed by atoms with E-state index in [2.05, 4.69) is 4.98 Å². The molecule has 1 aliphatic rings. The van der Waals surface area contributed by atoms with E-state index in [1.807, 2.05) is 26.0 Å². The lowest BCUT2D eigenvalue weighted by molar-refractivity contribution is -0.150. The molecule has 0 radical (unpaired) electrons. The fourth-order valence-corrected chi connectivity index (χ4v) is 2.00. The van der Waals surface area contributed by atoms with Gasteiger partial charge in [-0.15, -0.1) is 0 Å². The average molecular weight is 249 g/mol. The minimum atomic E-state index is -0.290. The third-order valence-corrected chi connectivity index (χ3v) is 3.16. The summed E-state index contributed by atoms with van der Waals surface area (Å²) in [6.07, 6.45) is 3.97.